The van der Waals surface area contributed by atoms with E-state index in [9.17, 15) is 4.79 Å². The fourth-order valence-electron chi connectivity index (χ4n) is 2.44. The molecule has 1 atom stereocenters. The summed E-state index contributed by atoms with van der Waals surface area (Å²) in [6.45, 7) is 6.14. The van der Waals surface area contributed by atoms with E-state index in [2.05, 4.69) is 54.6 Å². The second kappa shape index (κ2) is 6.06. The number of fused-ring (bicyclic) bond motifs is 1. The van der Waals surface area contributed by atoms with E-state index in [4.69, 9.17) is 0 Å². The van der Waals surface area contributed by atoms with Crippen molar-refractivity contribution in [2.45, 2.75) is 32.7 Å². The summed E-state index contributed by atoms with van der Waals surface area (Å²) in [5.74, 6) is 0.0544. The minimum Gasteiger partial charge on any atom is -0.375 e. The summed E-state index contributed by atoms with van der Waals surface area (Å²) in [5.41, 5.74) is 3.16. The van der Waals surface area contributed by atoms with Crippen LogP contribution in [0.25, 0.3) is 0 Å². The average molecular weight is 261 g/mol. The number of carbonyl (C=O) groups excluding carboxylic acids is 1. The van der Waals surface area contributed by atoms with Gasteiger partial charge in [0, 0.05) is 30.5 Å². The van der Waals surface area contributed by atoms with Gasteiger partial charge in [0.1, 0.15) is 6.04 Å². The fourth-order valence-corrected chi connectivity index (χ4v) is 2.44. The van der Waals surface area contributed by atoms with Crippen LogP contribution < -0.4 is 15.5 Å². The van der Waals surface area contributed by atoms with Crippen LogP contribution in [-0.2, 0) is 4.79 Å². The van der Waals surface area contributed by atoms with Crippen LogP contribution in [0.5, 0.6) is 0 Å². The van der Waals surface area contributed by atoms with Crippen molar-refractivity contribution in [2.75, 3.05) is 30.4 Å². The maximum Gasteiger partial charge on any atom is 0.246 e. The Morgan fingerprint density at radius 3 is 2.79 bits per heavy atom. The van der Waals surface area contributed by atoms with Gasteiger partial charge in [-0.25, -0.2) is 0 Å². The first-order valence-electron chi connectivity index (χ1n) is 7.06. The van der Waals surface area contributed by atoms with Crippen LogP contribution in [0.1, 0.15) is 38.3 Å². The average Bonchev–Trinajstić information content (AvgIpc) is 2.71. The Labute approximate surface area is 115 Å². The highest BCUT2D eigenvalue weighted by Crippen LogP contribution is 2.33. The highest BCUT2D eigenvalue weighted by atomic mass is 16.2. The lowest BCUT2D eigenvalue weighted by Crippen LogP contribution is -2.27. The fraction of sp³-hybridized carbons (Fsp3) is 0.533. The Hall–Kier alpha value is -1.55. The number of benzene rings is 1. The lowest BCUT2D eigenvalue weighted by Gasteiger charge is -2.19. The normalized spacial score (nSPS) is 17.2. The highest BCUT2D eigenvalue weighted by Gasteiger charge is 2.29. The van der Waals surface area contributed by atoms with E-state index in [-0.39, 0.29) is 11.9 Å². The molecule has 19 heavy (non-hydrogen) atoms. The Balaban J connectivity index is 2.19. The molecule has 0 bridgehead atoms. The first-order valence-corrected chi connectivity index (χ1v) is 7.06. The molecule has 0 spiro atoms. The van der Waals surface area contributed by atoms with E-state index in [1.54, 1.807) is 0 Å². The molecule has 0 radical (unpaired) electrons. The van der Waals surface area contributed by atoms with Crippen LogP contribution in [0.4, 0.5) is 11.4 Å². The van der Waals surface area contributed by atoms with Gasteiger partial charge in [0.25, 0.3) is 0 Å². The summed E-state index contributed by atoms with van der Waals surface area (Å²) in [4.78, 5) is 14.2. The third kappa shape index (κ3) is 2.89. The SMILES string of the molecule is CCCNC1C(=O)Nc2cc(N(C)CCC)ccc21. The molecule has 0 saturated heterocycles. The molecule has 2 rings (SSSR count). The molecule has 1 aliphatic rings. The van der Waals surface area contributed by atoms with E-state index >= 15 is 0 Å². The van der Waals surface area contributed by atoms with Crippen molar-refractivity contribution < 1.29 is 4.79 Å². The number of amides is 1. The molecule has 0 aromatic heterocycles. The zero-order valence-electron chi connectivity index (χ0n) is 12.0. The zero-order chi connectivity index (χ0) is 13.8. The first-order chi connectivity index (χ1) is 9.17. The Kier molecular flexibility index (Phi) is 4.43. The van der Waals surface area contributed by atoms with Crippen LogP contribution in [0.15, 0.2) is 18.2 Å². The first kappa shape index (κ1) is 13.9. The minimum atomic E-state index is -0.194. The van der Waals surface area contributed by atoms with Crippen molar-refractivity contribution in [3.05, 3.63) is 23.8 Å². The summed E-state index contributed by atoms with van der Waals surface area (Å²) >= 11 is 0. The molecule has 1 heterocycles. The Morgan fingerprint density at radius 1 is 1.32 bits per heavy atom. The summed E-state index contributed by atoms with van der Waals surface area (Å²) in [6.07, 6.45) is 2.14. The van der Waals surface area contributed by atoms with Gasteiger partial charge in [-0.15, -0.1) is 0 Å². The van der Waals surface area contributed by atoms with Crippen molar-refractivity contribution in [1.82, 2.24) is 5.32 Å². The molecule has 0 fully saturated rings. The number of hydrogen-bond acceptors (Lipinski definition) is 3. The van der Waals surface area contributed by atoms with Gasteiger partial charge in [0.2, 0.25) is 5.91 Å². The van der Waals surface area contributed by atoms with Crippen molar-refractivity contribution >= 4 is 17.3 Å². The third-order valence-corrected chi connectivity index (χ3v) is 3.47. The molecule has 1 aromatic carbocycles. The second-order valence-corrected chi connectivity index (χ2v) is 5.07. The lowest BCUT2D eigenvalue weighted by atomic mass is 10.1. The van der Waals surface area contributed by atoms with Gasteiger partial charge >= 0.3 is 0 Å². The van der Waals surface area contributed by atoms with Crippen LogP contribution in [0.3, 0.4) is 0 Å². The maximum absolute atomic E-state index is 12.0. The van der Waals surface area contributed by atoms with Crippen molar-refractivity contribution in [2.24, 2.45) is 0 Å². The molecule has 4 nitrogen and oxygen atoms in total. The number of carbonyl (C=O) groups is 1. The standard InChI is InChI=1S/C15H23N3O/c1-4-8-16-14-12-7-6-11(18(3)9-5-2)10-13(12)17-15(14)19/h6-7,10,14,16H,4-5,8-9H2,1-3H3,(H,17,19). The zero-order valence-corrected chi connectivity index (χ0v) is 12.0. The summed E-state index contributed by atoms with van der Waals surface area (Å²) in [7, 11) is 2.08. The van der Waals surface area contributed by atoms with Gasteiger partial charge in [-0.05, 0) is 31.5 Å². The molecule has 1 aromatic rings. The third-order valence-electron chi connectivity index (χ3n) is 3.47. The van der Waals surface area contributed by atoms with Gasteiger partial charge in [0.15, 0.2) is 0 Å². The molecule has 1 aliphatic heterocycles. The van der Waals surface area contributed by atoms with E-state index in [0.29, 0.717) is 0 Å². The number of nitrogens with zero attached hydrogens (tertiary/aromatic N) is 1. The van der Waals surface area contributed by atoms with Crippen molar-refractivity contribution in [1.29, 1.82) is 0 Å². The second-order valence-electron chi connectivity index (χ2n) is 5.07. The Bertz CT molecular complexity index is 459. The summed E-state index contributed by atoms with van der Waals surface area (Å²) < 4.78 is 0. The van der Waals surface area contributed by atoms with Gasteiger partial charge in [-0.3, -0.25) is 4.79 Å². The largest absolute Gasteiger partial charge is 0.375 e. The molecule has 2 N–H and O–H groups in total. The number of anilines is 2. The molecular formula is C15H23N3O. The molecule has 104 valence electrons. The monoisotopic (exact) mass is 261 g/mol. The molecule has 0 aliphatic carbocycles. The van der Waals surface area contributed by atoms with Crippen LogP contribution in [0, 0.1) is 0 Å². The molecule has 1 unspecified atom stereocenters. The van der Waals surface area contributed by atoms with Crippen LogP contribution >= 0.6 is 0 Å². The highest BCUT2D eigenvalue weighted by molar-refractivity contribution is 6.03. The smallest absolute Gasteiger partial charge is 0.246 e. The van der Waals surface area contributed by atoms with Crippen LogP contribution in [0.2, 0.25) is 0 Å². The summed E-state index contributed by atoms with van der Waals surface area (Å²) in [6, 6.07) is 6.02. The van der Waals surface area contributed by atoms with Gasteiger partial charge in [-0.2, -0.15) is 0 Å². The minimum absolute atomic E-state index is 0.0544. The molecule has 4 heteroatoms. The molecule has 1 amide bonds. The maximum atomic E-state index is 12.0. The van der Waals surface area contributed by atoms with Crippen molar-refractivity contribution in [3.63, 3.8) is 0 Å². The number of nitrogens with one attached hydrogen (secondary N) is 2. The van der Waals surface area contributed by atoms with Gasteiger partial charge in [0.05, 0.1) is 0 Å². The predicted molar refractivity (Wildman–Crippen MR) is 79.7 cm³/mol. The van der Waals surface area contributed by atoms with E-state index in [0.717, 1.165) is 42.9 Å². The van der Waals surface area contributed by atoms with Gasteiger partial charge in [-0.1, -0.05) is 19.9 Å². The molecule has 0 saturated carbocycles. The molecular weight excluding hydrogens is 238 g/mol. The van der Waals surface area contributed by atoms with Crippen molar-refractivity contribution in [3.8, 4) is 0 Å². The topological polar surface area (TPSA) is 44.4 Å². The van der Waals surface area contributed by atoms with E-state index in [1.165, 1.54) is 0 Å². The van der Waals surface area contributed by atoms with E-state index in [1.807, 2.05) is 0 Å². The predicted octanol–water partition coefficient (Wildman–Crippen LogP) is 2.53. The Morgan fingerprint density at radius 2 is 2.11 bits per heavy atom. The summed E-state index contributed by atoms with van der Waals surface area (Å²) in [5, 5.41) is 6.25. The lowest BCUT2D eigenvalue weighted by molar-refractivity contribution is -0.117. The van der Waals surface area contributed by atoms with Gasteiger partial charge < -0.3 is 15.5 Å². The number of hydrogen-bond donors (Lipinski definition) is 2. The van der Waals surface area contributed by atoms with Crippen LogP contribution in [-0.4, -0.2) is 26.0 Å². The number of rotatable bonds is 6. The van der Waals surface area contributed by atoms with E-state index < -0.39 is 0 Å². The quantitative estimate of drug-likeness (QED) is 0.827.